The van der Waals surface area contributed by atoms with Crippen molar-refractivity contribution in [1.82, 2.24) is 0 Å². The van der Waals surface area contributed by atoms with Crippen molar-refractivity contribution in [2.24, 2.45) is 5.14 Å². The fourth-order valence-corrected chi connectivity index (χ4v) is 3.69. The summed E-state index contributed by atoms with van der Waals surface area (Å²) >= 11 is 0. The molecule has 0 saturated carbocycles. The van der Waals surface area contributed by atoms with Crippen molar-refractivity contribution in [2.75, 3.05) is 5.32 Å². The van der Waals surface area contributed by atoms with Crippen LogP contribution in [0.3, 0.4) is 0 Å². The maximum absolute atomic E-state index is 12.2. The van der Waals surface area contributed by atoms with Gasteiger partial charge in [0.1, 0.15) is 18.1 Å². The van der Waals surface area contributed by atoms with Crippen LogP contribution >= 0.6 is 0 Å². The number of hydrogen-bond donors (Lipinski definition) is 2. The number of carbonyl (C=O) groups is 1. The van der Waals surface area contributed by atoms with Crippen molar-refractivity contribution in [2.45, 2.75) is 11.5 Å². The number of carbonyl (C=O) groups excluding carboxylic acids is 1. The Morgan fingerprint density at radius 2 is 1.29 bits per heavy atom. The van der Waals surface area contributed by atoms with Gasteiger partial charge >= 0.3 is 6.09 Å². The van der Waals surface area contributed by atoms with E-state index < -0.39 is 16.1 Å². The van der Waals surface area contributed by atoms with Crippen molar-refractivity contribution in [1.29, 1.82) is 0 Å². The van der Waals surface area contributed by atoms with E-state index in [9.17, 15) is 13.2 Å². The normalized spacial score (nSPS) is 11.0. The van der Waals surface area contributed by atoms with Gasteiger partial charge in [0.25, 0.3) is 0 Å². The Morgan fingerprint density at radius 1 is 0.735 bits per heavy atom. The lowest BCUT2D eigenvalue weighted by Crippen LogP contribution is -2.16. The van der Waals surface area contributed by atoms with Crippen LogP contribution in [-0.4, -0.2) is 14.5 Å². The minimum atomic E-state index is -3.74. The number of hydrogen-bond acceptors (Lipinski definition) is 5. The minimum absolute atomic E-state index is 0.0451. The van der Waals surface area contributed by atoms with Gasteiger partial charge in [-0.05, 0) is 65.2 Å². The summed E-state index contributed by atoms with van der Waals surface area (Å²) in [5.41, 5.74) is 3.28. The molecule has 0 aliphatic carbocycles. The molecule has 0 bridgehead atoms. The van der Waals surface area contributed by atoms with E-state index in [4.69, 9.17) is 14.6 Å². The number of rotatable bonds is 7. The quantitative estimate of drug-likeness (QED) is 0.383. The zero-order valence-corrected chi connectivity index (χ0v) is 18.9. The molecule has 0 heterocycles. The lowest BCUT2D eigenvalue weighted by atomic mass is 10.1. The summed E-state index contributed by atoms with van der Waals surface area (Å²) in [6.07, 6.45) is -0.622. The Balaban J connectivity index is 1.30. The molecule has 172 valence electrons. The number of ether oxygens (including phenoxy) is 2. The molecule has 3 N–H and O–H groups in total. The molecule has 7 nitrogen and oxygen atoms in total. The highest BCUT2D eigenvalue weighted by Crippen LogP contribution is 2.24. The van der Waals surface area contributed by atoms with Gasteiger partial charge in [-0.1, -0.05) is 54.6 Å². The summed E-state index contributed by atoms with van der Waals surface area (Å²) in [7, 11) is -3.74. The van der Waals surface area contributed by atoms with Gasteiger partial charge < -0.3 is 9.47 Å². The van der Waals surface area contributed by atoms with E-state index in [-0.39, 0.29) is 4.90 Å². The third-order valence-corrected chi connectivity index (χ3v) is 5.86. The summed E-state index contributed by atoms with van der Waals surface area (Å²) in [5, 5.41) is 7.79. The molecule has 0 unspecified atom stereocenters. The van der Waals surface area contributed by atoms with E-state index >= 15 is 0 Å². The number of sulfonamides is 1. The Morgan fingerprint density at radius 3 is 1.88 bits per heavy atom. The van der Waals surface area contributed by atoms with Crippen molar-refractivity contribution in [3.05, 3.63) is 109 Å². The monoisotopic (exact) mass is 474 g/mol. The van der Waals surface area contributed by atoms with Gasteiger partial charge in [0.05, 0.1) is 4.90 Å². The molecule has 4 aromatic carbocycles. The average Bonchev–Trinajstić information content (AvgIpc) is 2.84. The Kier molecular flexibility index (Phi) is 6.91. The fraction of sp³-hybridized carbons (Fsp3) is 0.0385. The molecule has 0 aliphatic rings. The van der Waals surface area contributed by atoms with E-state index in [1.54, 1.807) is 60.7 Å². The van der Waals surface area contributed by atoms with Gasteiger partial charge in [-0.15, -0.1) is 0 Å². The van der Waals surface area contributed by atoms with E-state index in [2.05, 4.69) is 5.32 Å². The number of anilines is 1. The van der Waals surface area contributed by atoms with Crippen molar-refractivity contribution in [3.8, 4) is 22.6 Å². The molecule has 0 aromatic heterocycles. The van der Waals surface area contributed by atoms with Crippen LogP contribution in [0.5, 0.6) is 11.5 Å². The molecule has 34 heavy (non-hydrogen) atoms. The van der Waals surface area contributed by atoms with Crippen LogP contribution in [0.4, 0.5) is 10.5 Å². The first-order chi connectivity index (χ1) is 16.4. The summed E-state index contributed by atoms with van der Waals surface area (Å²) in [6.45, 7) is 0.460. The molecule has 0 atom stereocenters. The Bertz CT molecular complexity index is 1350. The number of nitrogens with one attached hydrogen (secondary N) is 1. The molecular weight excluding hydrogens is 452 g/mol. The van der Waals surface area contributed by atoms with E-state index in [0.717, 1.165) is 16.7 Å². The summed E-state index contributed by atoms with van der Waals surface area (Å²) in [6, 6.07) is 29.9. The molecule has 0 fully saturated rings. The van der Waals surface area contributed by atoms with Gasteiger partial charge in [-0.2, -0.15) is 0 Å². The summed E-state index contributed by atoms with van der Waals surface area (Å²) < 4.78 is 33.8. The second kappa shape index (κ2) is 10.2. The summed E-state index contributed by atoms with van der Waals surface area (Å²) in [4.78, 5) is 12.3. The molecule has 0 spiro atoms. The van der Waals surface area contributed by atoms with Gasteiger partial charge in [0, 0.05) is 5.69 Å². The number of benzene rings is 4. The van der Waals surface area contributed by atoms with E-state index in [0.29, 0.717) is 23.8 Å². The first kappa shape index (κ1) is 23.0. The van der Waals surface area contributed by atoms with Gasteiger partial charge in [0.2, 0.25) is 10.0 Å². The molecule has 4 aromatic rings. The molecule has 1 amide bonds. The molecule has 0 saturated heterocycles. The van der Waals surface area contributed by atoms with Crippen LogP contribution in [0, 0.1) is 0 Å². The SMILES string of the molecule is NS(=O)(=O)c1ccc(-c2ccc(OC(=O)Nc3ccc(OCc4ccccc4)cc3)cc2)cc1. The predicted molar refractivity (Wildman–Crippen MR) is 130 cm³/mol. The van der Waals surface area contributed by atoms with Crippen LogP contribution in [0.1, 0.15) is 5.56 Å². The molecule has 4 rings (SSSR count). The van der Waals surface area contributed by atoms with Gasteiger partial charge in [-0.3, -0.25) is 5.32 Å². The van der Waals surface area contributed by atoms with Gasteiger partial charge in [-0.25, -0.2) is 18.4 Å². The second-order valence-electron chi connectivity index (χ2n) is 7.41. The maximum Gasteiger partial charge on any atom is 0.417 e. The first-order valence-electron chi connectivity index (χ1n) is 10.4. The zero-order chi connectivity index (χ0) is 24.0. The van der Waals surface area contributed by atoms with Crippen molar-refractivity contribution < 1.29 is 22.7 Å². The number of nitrogens with two attached hydrogens (primary N) is 1. The first-order valence-corrected chi connectivity index (χ1v) is 11.9. The maximum atomic E-state index is 12.2. The molecule has 8 heteroatoms. The van der Waals surface area contributed by atoms with E-state index in [1.807, 2.05) is 30.3 Å². The lowest BCUT2D eigenvalue weighted by molar-refractivity contribution is 0.215. The van der Waals surface area contributed by atoms with Crippen LogP contribution in [0.25, 0.3) is 11.1 Å². The predicted octanol–water partition coefficient (Wildman–Crippen LogP) is 5.19. The average molecular weight is 475 g/mol. The number of amides is 1. The molecular formula is C26H22N2O5S. The van der Waals surface area contributed by atoms with Crippen LogP contribution in [0.2, 0.25) is 0 Å². The minimum Gasteiger partial charge on any atom is -0.489 e. The molecule has 0 radical (unpaired) electrons. The molecule has 0 aliphatic heterocycles. The van der Waals surface area contributed by atoms with E-state index in [1.165, 1.54) is 12.1 Å². The van der Waals surface area contributed by atoms with Crippen molar-refractivity contribution in [3.63, 3.8) is 0 Å². The van der Waals surface area contributed by atoms with Crippen LogP contribution < -0.4 is 19.9 Å². The Labute approximate surface area is 197 Å². The highest BCUT2D eigenvalue weighted by molar-refractivity contribution is 7.89. The largest absolute Gasteiger partial charge is 0.489 e. The van der Waals surface area contributed by atoms with Crippen LogP contribution in [-0.2, 0) is 16.6 Å². The highest BCUT2D eigenvalue weighted by atomic mass is 32.2. The van der Waals surface area contributed by atoms with Crippen molar-refractivity contribution >= 4 is 21.8 Å². The number of primary sulfonamides is 1. The fourth-order valence-electron chi connectivity index (χ4n) is 3.18. The van der Waals surface area contributed by atoms with Gasteiger partial charge in [0.15, 0.2) is 0 Å². The lowest BCUT2D eigenvalue weighted by Gasteiger charge is -2.09. The topological polar surface area (TPSA) is 108 Å². The second-order valence-corrected chi connectivity index (χ2v) is 8.97. The van der Waals surface area contributed by atoms with Crippen LogP contribution in [0.15, 0.2) is 108 Å². The standard InChI is InChI=1S/C26H22N2O5S/c27-34(30,31)25-16-8-21(9-17-25)20-6-12-24(13-7-20)33-26(29)28-22-10-14-23(15-11-22)32-18-19-4-2-1-3-5-19/h1-17H,18H2,(H,28,29)(H2,27,30,31). The summed E-state index contributed by atoms with van der Waals surface area (Å²) in [5.74, 6) is 1.06. The smallest absolute Gasteiger partial charge is 0.417 e. The third-order valence-electron chi connectivity index (χ3n) is 4.93. The third kappa shape index (κ3) is 6.22. The Hall–Kier alpha value is -4.14. The highest BCUT2D eigenvalue weighted by Gasteiger charge is 2.09. The zero-order valence-electron chi connectivity index (χ0n) is 18.0.